The first-order valence-electron chi connectivity index (χ1n) is 6.97. The lowest BCUT2D eigenvalue weighted by atomic mass is 10.0. The van der Waals surface area contributed by atoms with Gasteiger partial charge >= 0.3 is 0 Å². The van der Waals surface area contributed by atoms with Crippen LogP contribution in [0.2, 0.25) is 0 Å². The minimum Gasteiger partial charge on any atom is -0.370 e. The van der Waals surface area contributed by atoms with E-state index >= 15 is 0 Å². The van der Waals surface area contributed by atoms with Crippen LogP contribution in [0.4, 0.5) is 0 Å². The van der Waals surface area contributed by atoms with E-state index in [-0.39, 0.29) is 29.7 Å². The molecule has 0 radical (unpaired) electrons. The molecule has 1 aliphatic heterocycles. The van der Waals surface area contributed by atoms with Gasteiger partial charge in [0, 0.05) is 26.2 Å². The van der Waals surface area contributed by atoms with E-state index in [0.29, 0.717) is 31.4 Å². The lowest BCUT2D eigenvalue weighted by Crippen LogP contribution is -2.43. The van der Waals surface area contributed by atoms with E-state index in [1.807, 2.05) is 0 Å². The Labute approximate surface area is 139 Å². The normalized spacial score (nSPS) is 20.6. The predicted molar refractivity (Wildman–Crippen MR) is 94.0 cm³/mol. The van der Waals surface area contributed by atoms with E-state index in [0.717, 1.165) is 19.5 Å². The first-order chi connectivity index (χ1) is 8.94. The smallest absolute Gasteiger partial charge is 0.211 e. The number of nitrogens with two attached hydrogens (primary N) is 1. The molecule has 1 unspecified atom stereocenters. The van der Waals surface area contributed by atoms with E-state index in [4.69, 9.17) is 5.73 Å². The Morgan fingerprint density at radius 3 is 2.80 bits per heavy atom. The third-order valence-electron chi connectivity index (χ3n) is 3.29. The molecule has 1 rings (SSSR count). The summed E-state index contributed by atoms with van der Waals surface area (Å²) in [6, 6.07) is 0. The summed E-state index contributed by atoms with van der Waals surface area (Å²) < 4.78 is 24.9. The number of hydrogen-bond acceptors (Lipinski definition) is 3. The fraction of sp³-hybridized carbons (Fsp3) is 0.917. The van der Waals surface area contributed by atoms with Gasteiger partial charge < -0.3 is 10.6 Å². The Bertz CT molecular complexity index is 400. The number of nitrogens with one attached hydrogen (secondary N) is 1. The van der Waals surface area contributed by atoms with E-state index in [1.165, 1.54) is 6.42 Å². The van der Waals surface area contributed by atoms with Crippen LogP contribution in [0.5, 0.6) is 0 Å². The summed E-state index contributed by atoms with van der Waals surface area (Å²) in [7, 11) is -3.09. The molecule has 1 atom stereocenters. The molecule has 0 aromatic rings. The van der Waals surface area contributed by atoms with Crippen LogP contribution < -0.4 is 10.5 Å². The fourth-order valence-corrected chi connectivity index (χ4v) is 2.76. The maximum atomic E-state index is 11.2. The second kappa shape index (κ2) is 9.78. The second-order valence-electron chi connectivity index (χ2n) is 5.08. The second-order valence-corrected chi connectivity index (χ2v) is 7.18. The van der Waals surface area contributed by atoms with Crippen molar-refractivity contribution in [1.29, 1.82) is 0 Å². The maximum absolute atomic E-state index is 11.2. The molecule has 3 N–H and O–H groups in total. The minimum atomic E-state index is -3.09. The highest BCUT2D eigenvalue weighted by atomic mass is 127. The number of halogens is 1. The first-order valence-corrected chi connectivity index (χ1v) is 8.62. The number of sulfonamides is 1. The Kier molecular flexibility index (Phi) is 9.73. The molecule has 0 aromatic heterocycles. The lowest BCUT2D eigenvalue weighted by molar-refractivity contribution is 0.270. The van der Waals surface area contributed by atoms with Crippen LogP contribution in [0, 0.1) is 5.92 Å². The molecule has 1 aliphatic rings. The molecule has 0 saturated carbocycles. The molecule has 0 amide bonds. The van der Waals surface area contributed by atoms with Crippen LogP contribution in [-0.2, 0) is 10.0 Å². The maximum Gasteiger partial charge on any atom is 0.211 e. The summed E-state index contributed by atoms with van der Waals surface area (Å²) in [6.45, 7) is 6.77. The third-order valence-corrected chi connectivity index (χ3v) is 4.70. The monoisotopic (exact) mass is 418 g/mol. The summed E-state index contributed by atoms with van der Waals surface area (Å²) in [6.07, 6.45) is 3.08. The molecule has 0 spiro atoms. The lowest BCUT2D eigenvalue weighted by Gasteiger charge is -2.31. The topological polar surface area (TPSA) is 87.8 Å². The van der Waals surface area contributed by atoms with Crippen LogP contribution in [-0.4, -0.2) is 51.2 Å². The van der Waals surface area contributed by atoms with Gasteiger partial charge in [-0.3, -0.25) is 4.99 Å². The molecule has 1 fully saturated rings. The van der Waals surface area contributed by atoms with Gasteiger partial charge in [0.25, 0.3) is 0 Å². The zero-order chi connectivity index (χ0) is 14.3. The zero-order valence-corrected chi connectivity index (χ0v) is 15.5. The van der Waals surface area contributed by atoms with Crippen molar-refractivity contribution in [2.75, 3.05) is 31.9 Å². The van der Waals surface area contributed by atoms with Gasteiger partial charge in [0.1, 0.15) is 0 Å². The molecular weight excluding hydrogens is 391 g/mol. The van der Waals surface area contributed by atoms with E-state index in [9.17, 15) is 8.42 Å². The summed E-state index contributed by atoms with van der Waals surface area (Å²) in [5, 5.41) is 0. The van der Waals surface area contributed by atoms with Crippen molar-refractivity contribution in [2.45, 2.75) is 33.1 Å². The van der Waals surface area contributed by atoms with Gasteiger partial charge in [-0.05, 0) is 32.1 Å². The van der Waals surface area contributed by atoms with Crippen molar-refractivity contribution in [3.63, 3.8) is 0 Å². The molecule has 8 heteroatoms. The summed E-state index contributed by atoms with van der Waals surface area (Å²) in [4.78, 5) is 6.43. The number of rotatable bonds is 6. The fourth-order valence-electron chi connectivity index (χ4n) is 2.10. The number of guanidine groups is 1. The molecule has 120 valence electrons. The van der Waals surface area contributed by atoms with Crippen molar-refractivity contribution in [3.8, 4) is 0 Å². The average Bonchev–Trinajstić information content (AvgIpc) is 2.38. The van der Waals surface area contributed by atoms with Crippen molar-refractivity contribution < 1.29 is 8.42 Å². The van der Waals surface area contributed by atoms with Crippen molar-refractivity contribution in [1.82, 2.24) is 9.62 Å². The van der Waals surface area contributed by atoms with Crippen molar-refractivity contribution >= 4 is 40.0 Å². The first kappa shape index (κ1) is 19.9. The third kappa shape index (κ3) is 7.63. The largest absolute Gasteiger partial charge is 0.370 e. The van der Waals surface area contributed by atoms with E-state index in [1.54, 1.807) is 6.92 Å². The standard InChI is InChI=1S/C12H26N4O2S.HI/c1-3-19(17,18)15-8-5-7-14-12(13)16-9-4-6-11(2)10-16;/h11,15H,3-10H2,1-2H3,(H2,13,14);1H. The molecule has 6 nitrogen and oxygen atoms in total. The molecule has 0 aliphatic carbocycles. The zero-order valence-electron chi connectivity index (χ0n) is 12.3. The van der Waals surface area contributed by atoms with Gasteiger partial charge in [-0.1, -0.05) is 6.92 Å². The highest BCUT2D eigenvalue weighted by molar-refractivity contribution is 14.0. The van der Waals surface area contributed by atoms with Crippen LogP contribution in [0.15, 0.2) is 4.99 Å². The van der Waals surface area contributed by atoms with Crippen molar-refractivity contribution in [2.24, 2.45) is 16.6 Å². The minimum absolute atomic E-state index is 0. The average molecular weight is 418 g/mol. The van der Waals surface area contributed by atoms with Crippen LogP contribution in [0.25, 0.3) is 0 Å². The Balaban J connectivity index is 0.00000361. The van der Waals surface area contributed by atoms with Gasteiger partial charge in [-0.2, -0.15) is 0 Å². The SMILES string of the molecule is CCS(=O)(=O)NCCCN=C(N)N1CCCC(C)C1.I. The highest BCUT2D eigenvalue weighted by Crippen LogP contribution is 2.14. The van der Waals surface area contributed by atoms with E-state index < -0.39 is 10.0 Å². The summed E-state index contributed by atoms with van der Waals surface area (Å²) in [5.41, 5.74) is 5.94. The molecule has 0 aromatic carbocycles. The Hall–Kier alpha value is -0.0900. The summed E-state index contributed by atoms with van der Waals surface area (Å²) >= 11 is 0. The van der Waals surface area contributed by atoms with Gasteiger partial charge in [0.2, 0.25) is 10.0 Å². The highest BCUT2D eigenvalue weighted by Gasteiger charge is 2.17. The molecule has 0 bridgehead atoms. The molecular formula is C12H27IN4O2S. The number of piperidine rings is 1. The van der Waals surface area contributed by atoms with Crippen LogP contribution in [0.1, 0.15) is 33.1 Å². The van der Waals surface area contributed by atoms with Gasteiger partial charge in [-0.25, -0.2) is 13.1 Å². The van der Waals surface area contributed by atoms with E-state index in [2.05, 4.69) is 21.5 Å². The van der Waals surface area contributed by atoms with Gasteiger partial charge in [0.15, 0.2) is 5.96 Å². The summed E-state index contributed by atoms with van der Waals surface area (Å²) in [5.74, 6) is 1.37. The number of nitrogens with zero attached hydrogens (tertiary/aromatic N) is 2. The van der Waals surface area contributed by atoms with Gasteiger partial charge in [-0.15, -0.1) is 24.0 Å². The van der Waals surface area contributed by atoms with Crippen LogP contribution >= 0.6 is 24.0 Å². The van der Waals surface area contributed by atoms with Crippen LogP contribution in [0.3, 0.4) is 0 Å². The molecule has 1 heterocycles. The quantitative estimate of drug-likeness (QED) is 0.291. The Morgan fingerprint density at radius 1 is 1.50 bits per heavy atom. The van der Waals surface area contributed by atoms with Crippen molar-refractivity contribution in [3.05, 3.63) is 0 Å². The predicted octanol–water partition coefficient (Wildman–Crippen LogP) is 0.980. The Morgan fingerprint density at radius 2 is 2.20 bits per heavy atom. The number of aliphatic imine (C=N–C) groups is 1. The molecule has 20 heavy (non-hydrogen) atoms. The number of hydrogen-bond donors (Lipinski definition) is 2. The number of likely N-dealkylation sites (tertiary alicyclic amines) is 1. The molecule has 1 saturated heterocycles. The van der Waals surface area contributed by atoms with Gasteiger partial charge in [0.05, 0.1) is 5.75 Å².